The van der Waals surface area contributed by atoms with Crippen molar-refractivity contribution in [2.75, 3.05) is 30.4 Å². The lowest BCUT2D eigenvalue weighted by Crippen LogP contribution is -2.25. The highest BCUT2D eigenvalue weighted by molar-refractivity contribution is 7.15. The number of ether oxygens (including phenoxy) is 1. The molecule has 6 aromatic rings. The zero-order chi connectivity index (χ0) is 32.4. The van der Waals surface area contributed by atoms with Crippen molar-refractivity contribution in [2.24, 2.45) is 0 Å². The van der Waals surface area contributed by atoms with Crippen molar-refractivity contribution >= 4 is 45.4 Å². The number of fused-ring (bicyclic) bond motifs is 1. The summed E-state index contributed by atoms with van der Waals surface area (Å²) >= 11 is 1.53. The molecule has 0 aliphatic rings. The highest BCUT2D eigenvalue weighted by Crippen LogP contribution is 2.35. The monoisotopic (exact) mass is 645 g/mol. The van der Waals surface area contributed by atoms with E-state index in [2.05, 4.69) is 27.9 Å². The molecule has 0 radical (unpaired) electrons. The zero-order valence-corrected chi connectivity index (χ0v) is 26.8. The van der Waals surface area contributed by atoms with Crippen molar-refractivity contribution in [2.45, 2.75) is 26.2 Å². The molecule has 3 aromatic carbocycles. The molecule has 0 unspecified atom stereocenters. The lowest BCUT2D eigenvalue weighted by molar-refractivity contribution is -0.115. The summed E-state index contributed by atoms with van der Waals surface area (Å²) in [4.78, 5) is 40.6. The molecule has 0 spiro atoms. The quantitative estimate of drug-likeness (QED) is 0.109. The first-order valence-electron chi connectivity index (χ1n) is 15.5. The molecule has 0 aliphatic heterocycles. The predicted octanol–water partition coefficient (Wildman–Crippen LogP) is 6.99. The highest BCUT2D eigenvalue weighted by Gasteiger charge is 2.19. The number of rotatable bonds is 14. The summed E-state index contributed by atoms with van der Waals surface area (Å²) in [7, 11) is 0. The van der Waals surface area contributed by atoms with Crippen molar-refractivity contribution < 1.29 is 14.3 Å². The molecular formula is C36H35N7O3S. The van der Waals surface area contributed by atoms with Gasteiger partial charge in [0.2, 0.25) is 11.9 Å². The topological polar surface area (TPSA) is 123 Å². The van der Waals surface area contributed by atoms with Gasteiger partial charge in [0.15, 0.2) is 4.96 Å². The third-order valence-corrected chi connectivity index (χ3v) is 8.02. The first kappa shape index (κ1) is 31.6. The number of benzene rings is 3. The first-order chi connectivity index (χ1) is 23.1. The molecule has 10 nitrogen and oxygen atoms in total. The van der Waals surface area contributed by atoms with Crippen LogP contribution in [0.25, 0.3) is 27.6 Å². The number of imidazole rings is 1. The Bertz CT molecular complexity index is 1970. The third kappa shape index (κ3) is 8.07. The average Bonchev–Trinajstić information content (AvgIpc) is 3.69. The molecule has 238 valence electrons. The highest BCUT2D eigenvalue weighted by atomic mass is 32.1. The molecule has 6 rings (SSSR count). The van der Waals surface area contributed by atoms with Gasteiger partial charge >= 0.3 is 0 Å². The standard InChI is InChI=1S/C36H35N7O3S/c1-2-19-46-20-8-16-37-34(45)27-12-7-14-29(24-27)40-35-38-17-15-30(41-35)33-32(42-36-43(33)18-21-47-36)26-11-6-13-28(23-26)39-31(44)22-25-9-4-3-5-10-25/h3-7,9-15,17-18,21,23-24H,2,8,16,19-20,22H2,1H3,(H,37,45)(H,39,44)(H,38,40,41). The van der Waals surface area contributed by atoms with Crippen LogP contribution in [0.3, 0.4) is 0 Å². The maximum atomic E-state index is 12.8. The van der Waals surface area contributed by atoms with Crippen LogP contribution in [0, 0.1) is 0 Å². The summed E-state index contributed by atoms with van der Waals surface area (Å²) in [6, 6.07) is 26.4. The van der Waals surface area contributed by atoms with Crippen LogP contribution in [-0.4, -0.2) is 50.9 Å². The van der Waals surface area contributed by atoms with E-state index in [0.717, 1.165) is 46.9 Å². The van der Waals surface area contributed by atoms with Gasteiger partial charge in [-0.2, -0.15) is 0 Å². The van der Waals surface area contributed by atoms with E-state index in [1.54, 1.807) is 18.3 Å². The summed E-state index contributed by atoms with van der Waals surface area (Å²) in [6.45, 7) is 3.96. The molecule has 3 aromatic heterocycles. The Morgan fingerprint density at radius 1 is 0.915 bits per heavy atom. The van der Waals surface area contributed by atoms with Gasteiger partial charge in [-0.3, -0.25) is 14.0 Å². The molecule has 0 bridgehead atoms. The van der Waals surface area contributed by atoms with Gasteiger partial charge < -0.3 is 20.7 Å². The first-order valence-corrected chi connectivity index (χ1v) is 16.4. The number of hydrogen-bond donors (Lipinski definition) is 3. The molecule has 0 saturated heterocycles. The molecule has 47 heavy (non-hydrogen) atoms. The molecule has 0 fully saturated rings. The fourth-order valence-corrected chi connectivity index (χ4v) is 5.82. The second-order valence-corrected chi connectivity index (χ2v) is 11.7. The zero-order valence-electron chi connectivity index (χ0n) is 26.0. The molecule has 11 heteroatoms. The lowest BCUT2D eigenvalue weighted by Gasteiger charge is -2.10. The van der Waals surface area contributed by atoms with Gasteiger partial charge in [-0.05, 0) is 54.8 Å². The van der Waals surface area contributed by atoms with Gasteiger partial charge in [0.25, 0.3) is 5.91 Å². The Morgan fingerprint density at radius 2 is 1.77 bits per heavy atom. The van der Waals surface area contributed by atoms with E-state index in [1.807, 2.05) is 88.8 Å². The number of thiazole rings is 1. The smallest absolute Gasteiger partial charge is 0.251 e. The van der Waals surface area contributed by atoms with Crippen molar-refractivity contribution in [3.8, 4) is 22.6 Å². The summed E-state index contributed by atoms with van der Waals surface area (Å²) in [5.74, 6) is 0.136. The Balaban J connectivity index is 1.20. The summed E-state index contributed by atoms with van der Waals surface area (Å²) in [5.41, 5.74) is 5.91. The Hall–Kier alpha value is -5.39. The van der Waals surface area contributed by atoms with Gasteiger partial charge in [0.1, 0.15) is 5.69 Å². The van der Waals surface area contributed by atoms with Gasteiger partial charge in [0.05, 0.1) is 17.8 Å². The molecule has 0 aliphatic carbocycles. The number of nitrogens with one attached hydrogen (secondary N) is 3. The van der Waals surface area contributed by atoms with E-state index in [4.69, 9.17) is 14.7 Å². The number of carbonyl (C=O) groups excluding carboxylic acids is 2. The van der Waals surface area contributed by atoms with Crippen LogP contribution in [0.5, 0.6) is 0 Å². The fraction of sp³-hybridized carbons (Fsp3) is 0.194. The van der Waals surface area contributed by atoms with E-state index >= 15 is 0 Å². The van der Waals surface area contributed by atoms with Crippen LogP contribution < -0.4 is 16.0 Å². The minimum Gasteiger partial charge on any atom is -0.381 e. The van der Waals surface area contributed by atoms with Crippen molar-refractivity contribution in [3.05, 3.63) is 114 Å². The van der Waals surface area contributed by atoms with E-state index < -0.39 is 0 Å². The van der Waals surface area contributed by atoms with Gasteiger partial charge in [-0.1, -0.05) is 55.5 Å². The minimum absolute atomic E-state index is 0.0931. The van der Waals surface area contributed by atoms with E-state index in [-0.39, 0.29) is 18.2 Å². The second-order valence-electron chi connectivity index (χ2n) is 10.8. The lowest BCUT2D eigenvalue weighted by atomic mass is 10.1. The number of aromatic nitrogens is 4. The van der Waals surface area contributed by atoms with Crippen molar-refractivity contribution in [3.63, 3.8) is 0 Å². The molecule has 2 amide bonds. The van der Waals surface area contributed by atoms with Crippen LogP contribution in [-0.2, 0) is 16.0 Å². The summed E-state index contributed by atoms with van der Waals surface area (Å²) in [6.07, 6.45) is 5.68. The Labute approximate surface area is 276 Å². The number of hydrogen-bond acceptors (Lipinski definition) is 8. The van der Waals surface area contributed by atoms with Crippen LogP contribution in [0.15, 0.2) is 103 Å². The molecular weight excluding hydrogens is 611 g/mol. The number of anilines is 3. The maximum Gasteiger partial charge on any atom is 0.251 e. The SMILES string of the molecule is CCCOCCCNC(=O)c1cccc(Nc2nccc(-c3c(-c4cccc(NC(=O)Cc5ccccc5)c4)nc4sccn34)n2)c1. The third-order valence-electron chi connectivity index (χ3n) is 7.27. The van der Waals surface area contributed by atoms with Crippen LogP contribution in [0.1, 0.15) is 35.7 Å². The second kappa shape index (κ2) is 15.3. The van der Waals surface area contributed by atoms with Crippen LogP contribution in [0.4, 0.5) is 17.3 Å². The van der Waals surface area contributed by atoms with Crippen molar-refractivity contribution in [1.82, 2.24) is 24.7 Å². The predicted molar refractivity (Wildman–Crippen MR) is 186 cm³/mol. The fourth-order valence-electron chi connectivity index (χ4n) is 5.11. The molecule has 0 atom stereocenters. The summed E-state index contributed by atoms with van der Waals surface area (Å²) in [5, 5.41) is 11.2. The minimum atomic E-state index is -0.152. The molecule has 0 saturated carbocycles. The number of amides is 2. The Kier molecular flexibility index (Phi) is 10.3. The van der Waals surface area contributed by atoms with Gasteiger partial charge in [-0.25, -0.2) is 15.0 Å². The maximum absolute atomic E-state index is 12.8. The number of nitrogens with zero attached hydrogens (tertiary/aromatic N) is 4. The number of carbonyl (C=O) groups is 2. The van der Waals surface area contributed by atoms with E-state index in [9.17, 15) is 9.59 Å². The van der Waals surface area contributed by atoms with Crippen LogP contribution in [0.2, 0.25) is 0 Å². The Morgan fingerprint density at radius 3 is 2.64 bits per heavy atom. The van der Waals surface area contributed by atoms with E-state index in [0.29, 0.717) is 41.7 Å². The van der Waals surface area contributed by atoms with Crippen molar-refractivity contribution in [1.29, 1.82) is 0 Å². The molecule has 3 heterocycles. The normalized spacial score (nSPS) is 11.0. The summed E-state index contributed by atoms with van der Waals surface area (Å²) < 4.78 is 7.49. The molecule has 3 N–H and O–H groups in total. The average molecular weight is 646 g/mol. The van der Waals surface area contributed by atoms with E-state index in [1.165, 1.54) is 11.3 Å². The van der Waals surface area contributed by atoms with Crippen LogP contribution >= 0.6 is 11.3 Å². The van der Waals surface area contributed by atoms with Gasteiger partial charge in [-0.15, -0.1) is 11.3 Å². The largest absolute Gasteiger partial charge is 0.381 e. The van der Waals surface area contributed by atoms with Gasteiger partial charge in [0, 0.05) is 60.0 Å².